The molecule has 23 heavy (non-hydrogen) atoms. The lowest BCUT2D eigenvalue weighted by Gasteiger charge is -2.38. The van der Waals surface area contributed by atoms with Crippen LogP contribution < -0.4 is 0 Å². The highest BCUT2D eigenvalue weighted by Crippen LogP contribution is 2.32. The van der Waals surface area contributed by atoms with E-state index in [1.165, 1.54) is 6.26 Å². The summed E-state index contributed by atoms with van der Waals surface area (Å²) in [6.45, 7) is 3.04. The molecule has 6 nitrogen and oxygen atoms in total. The first-order valence-corrected chi connectivity index (χ1v) is 9.62. The molecule has 1 spiro atoms. The third-order valence-corrected chi connectivity index (χ3v) is 5.65. The van der Waals surface area contributed by atoms with E-state index in [9.17, 15) is 13.2 Å². The summed E-state index contributed by atoms with van der Waals surface area (Å²) in [5.41, 5.74) is 0.670. The fourth-order valence-corrected chi connectivity index (χ4v) is 4.06. The minimum Gasteiger partial charge on any atom is -0.440 e. The average Bonchev–Trinajstić information content (AvgIpc) is 2.72. The molecule has 1 aromatic rings. The predicted octanol–water partition coefficient (Wildman–Crippen LogP) is 1.51. The molecular formula is C16H22N2O4S. The van der Waals surface area contributed by atoms with Crippen LogP contribution in [0.2, 0.25) is 0 Å². The quantitative estimate of drug-likeness (QED) is 0.836. The summed E-state index contributed by atoms with van der Waals surface area (Å²) in [6.07, 6.45) is 2.85. The molecule has 0 aromatic heterocycles. The number of likely N-dealkylation sites (N-methyl/N-ethyl adjacent to an activating group) is 1. The highest BCUT2D eigenvalue weighted by atomic mass is 32.2. The summed E-state index contributed by atoms with van der Waals surface area (Å²) in [5, 5.41) is 0. The first kappa shape index (κ1) is 16.3. The number of rotatable bonds is 3. The van der Waals surface area contributed by atoms with Crippen LogP contribution in [0.4, 0.5) is 4.79 Å². The fraction of sp³-hybridized carbons (Fsp3) is 0.562. The molecule has 2 fully saturated rings. The van der Waals surface area contributed by atoms with Crippen LogP contribution in [0, 0.1) is 0 Å². The van der Waals surface area contributed by atoms with E-state index in [2.05, 4.69) is 4.90 Å². The van der Waals surface area contributed by atoms with Gasteiger partial charge in [0.25, 0.3) is 0 Å². The number of carbonyl (C=O) groups excluding carboxylic acids is 1. The Labute approximate surface area is 136 Å². The average molecular weight is 338 g/mol. The minimum atomic E-state index is -3.16. The Bertz CT molecular complexity index is 701. The van der Waals surface area contributed by atoms with Gasteiger partial charge >= 0.3 is 6.09 Å². The Morgan fingerprint density at radius 3 is 2.48 bits per heavy atom. The maximum Gasteiger partial charge on any atom is 0.410 e. The lowest BCUT2D eigenvalue weighted by molar-refractivity contribution is -0.0113. The van der Waals surface area contributed by atoms with E-state index in [0.29, 0.717) is 11.4 Å². The molecule has 0 aliphatic carbocycles. The van der Waals surface area contributed by atoms with Crippen LogP contribution in [0.25, 0.3) is 0 Å². The van der Waals surface area contributed by atoms with E-state index in [4.69, 9.17) is 4.74 Å². The van der Waals surface area contributed by atoms with E-state index in [-0.39, 0.29) is 6.09 Å². The van der Waals surface area contributed by atoms with E-state index < -0.39 is 15.4 Å². The van der Waals surface area contributed by atoms with Gasteiger partial charge in [0.1, 0.15) is 5.60 Å². The maximum absolute atomic E-state index is 11.7. The second kappa shape index (κ2) is 5.79. The van der Waals surface area contributed by atoms with Crippen molar-refractivity contribution in [1.82, 2.24) is 9.80 Å². The molecule has 0 unspecified atom stereocenters. The number of carbonyl (C=O) groups is 1. The number of nitrogens with zero attached hydrogens (tertiary/aromatic N) is 2. The summed E-state index contributed by atoms with van der Waals surface area (Å²) in [7, 11) is -1.40. The molecule has 2 heterocycles. The number of benzene rings is 1. The number of hydrogen-bond acceptors (Lipinski definition) is 5. The minimum absolute atomic E-state index is 0.246. The zero-order valence-corrected chi connectivity index (χ0v) is 14.3. The molecule has 0 N–H and O–H groups in total. The lowest BCUT2D eigenvalue weighted by atomic mass is 9.92. The van der Waals surface area contributed by atoms with Crippen LogP contribution >= 0.6 is 0 Å². The molecular weight excluding hydrogens is 316 g/mol. The van der Waals surface area contributed by atoms with Crippen molar-refractivity contribution in [2.75, 3.05) is 32.9 Å². The van der Waals surface area contributed by atoms with Gasteiger partial charge in [-0.3, -0.25) is 4.90 Å². The van der Waals surface area contributed by atoms with Crippen LogP contribution in [0.1, 0.15) is 18.4 Å². The maximum atomic E-state index is 11.7. The Balaban J connectivity index is 1.67. The standard InChI is InChI=1S/C16H22N2O4S/c1-17-11-16(22-15(17)19)8-3-9-18(12-16)10-13-4-6-14(7-5-13)23(2,20)21/h4-7H,3,8-12H2,1-2H3/t16-/m0/s1. The van der Waals surface area contributed by atoms with Crippen molar-refractivity contribution >= 4 is 15.9 Å². The number of piperidine rings is 1. The summed E-state index contributed by atoms with van der Waals surface area (Å²) in [4.78, 5) is 15.9. The summed E-state index contributed by atoms with van der Waals surface area (Å²) in [6, 6.07) is 7.00. The van der Waals surface area contributed by atoms with Gasteiger partial charge in [-0.1, -0.05) is 12.1 Å². The van der Waals surface area contributed by atoms with Crippen molar-refractivity contribution in [1.29, 1.82) is 0 Å². The van der Waals surface area contributed by atoms with Crippen molar-refractivity contribution in [2.24, 2.45) is 0 Å². The van der Waals surface area contributed by atoms with Crippen LogP contribution in [-0.2, 0) is 21.1 Å². The number of hydrogen-bond donors (Lipinski definition) is 0. The first-order valence-electron chi connectivity index (χ1n) is 7.73. The largest absolute Gasteiger partial charge is 0.440 e. The highest BCUT2D eigenvalue weighted by Gasteiger charge is 2.46. The topological polar surface area (TPSA) is 66.9 Å². The van der Waals surface area contributed by atoms with E-state index in [0.717, 1.165) is 38.0 Å². The SMILES string of the molecule is CN1C[C@]2(CCCN(Cc3ccc(S(C)(=O)=O)cc3)C2)OC1=O. The molecule has 1 aromatic carbocycles. The molecule has 7 heteroatoms. The molecule has 1 amide bonds. The van der Waals surface area contributed by atoms with Crippen LogP contribution in [-0.4, -0.2) is 62.8 Å². The monoisotopic (exact) mass is 338 g/mol. The molecule has 126 valence electrons. The number of ether oxygens (including phenoxy) is 1. The zero-order chi connectivity index (χ0) is 16.7. The summed E-state index contributed by atoms with van der Waals surface area (Å²) in [5.74, 6) is 0. The predicted molar refractivity (Wildman–Crippen MR) is 85.9 cm³/mol. The van der Waals surface area contributed by atoms with Crippen molar-refractivity contribution in [3.63, 3.8) is 0 Å². The molecule has 0 saturated carbocycles. The number of sulfone groups is 1. The molecule has 2 aliphatic heterocycles. The molecule has 0 radical (unpaired) electrons. The number of amides is 1. The van der Waals surface area contributed by atoms with Crippen molar-refractivity contribution in [2.45, 2.75) is 29.9 Å². The van der Waals surface area contributed by atoms with E-state index in [1.54, 1.807) is 24.1 Å². The van der Waals surface area contributed by atoms with E-state index >= 15 is 0 Å². The molecule has 0 bridgehead atoms. The molecule has 3 rings (SSSR count). The summed E-state index contributed by atoms with van der Waals surface area (Å²) >= 11 is 0. The molecule has 1 atom stereocenters. The second-order valence-corrected chi connectivity index (χ2v) is 8.65. The van der Waals surface area contributed by atoms with E-state index in [1.807, 2.05) is 12.1 Å². The highest BCUT2D eigenvalue weighted by molar-refractivity contribution is 7.90. The van der Waals surface area contributed by atoms with Gasteiger partial charge in [0.2, 0.25) is 0 Å². The van der Waals surface area contributed by atoms with Gasteiger partial charge in [-0.15, -0.1) is 0 Å². The third kappa shape index (κ3) is 3.50. The third-order valence-electron chi connectivity index (χ3n) is 4.52. The van der Waals surface area contributed by atoms with Gasteiger partial charge in [-0.25, -0.2) is 13.2 Å². The smallest absolute Gasteiger partial charge is 0.410 e. The Morgan fingerprint density at radius 2 is 1.91 bits per heavy atom. The molecule has 2 aliphatic rings. The van der Waals surface area contributed by atoms with Gasteiger partial charge in [0.15, 0.2) is 9.84 Å². The van der Waals surface area contributed by atoms with Crippen molar-refractivity contribution in [3.05, 3.63) is 29.8 Å². The second-order valence-electron chi connectivity index (χ2n) is 6.64. The van der Waals surface area contributed by atoms with Crippen LogP contribution in [0.5, 0.6) is 0 Å². The molecule has 2 saturated heterocycles. The Hall–Kier alpha value is -1.60. The normalized spacial score (nSPS) is 25.8. The van der Waals surface area contributed by atoms with Crippen molar-refractivity contribution in [3.8, 4) is 0 Å². The Kier molecular flexibility index (Phi) is 4.10. The van der Waals surface area contributed by atoms with Crippen LogP contribution in [0.3, 0.4) is 0 Å². The van der Waals surface area contributed by atoms with Gasteiger partial charge < -0.3 is 9.64 Å². The lowest BCUT2D eigenvalue weighted by Crippen LogP contribution is -2.50. The van der Waals surface area contributed by atoms with Gasteiger partial charge in [0, 0.05) is 26.4 Å². The number of likely N-dealkylation sites (tertiary alicyclic amines) is 1. The van der Waals surface area contributed by atoms with Gasteiger partial charge in [0.05, 0.1) is 11.4 Å². The first-order chi connectivity index (χ1) is 10.8. The fourth-order valence-electron chi connectivity index (χ4n) is 3.43. The van der Waals surface area contributed by atoms with Crippen LogP contribution in [0.15, 0.2) is 29.2 Å². The van der Waals surface area contributed by atoms with Gasteiger partial charge in [-0.2, -0.15) is 0 Å². The van der Waals surface area contributed by atoms with Gasteiger partial charge in [-0.05, 0) is 37.1 Å². The summed E-state index contributed by atoms with van der Waals surface area (Å²) < 4.78 is 28.6. The Morgan fingerprint density at radius 1 is 1.22 bits per heavy atom. The van der Waals surface area contributed by atoms with Crippen molar-refractivity contribution < 1.29 is 17.9 Å². The zero-order valence-electron chi connectivity index (χ0n) is 13.5.